The number of carbonyl (C=O) groups is 5. The highest BCUT2D eigenvalue weighted by Crippen LogP contribution is 2.36. The van der Waals surface area contributed by atoms with E-state index in [1.54, 1.807) is 6.07 Å². The molecule has 14 heteroatoms. The van der Waals surface area contributed by atoms with Crippen LogP contribution in [0.3, 0.4) is 0 Å². The number of guanidine groups is 1. The Morgan fingerprint density at radius 3 is 2.46 bits per heavy atom. The number of hydrogen-bond donors (Lipinski definition) is 7. The second-order valence-electron chi connectivity index (χ2n) is 8.53. The van der Waals surface area contributed by atoms with Crippen LogP contribution in [-0.4, -0.2) is 63.7 Å². The first-order valence-corrected chi connectivity index (χ1v) is 11.7. The van der Waals surface area contributed by atoms with E-state index in [4.69, 9.17) is 30.8 Å². The number of fused-ring (bicyclic) bond motifs is 2. The van der Waals surface area contributed by atoms with E-state index in [0.29, 0.717) is 24.1 Å². The molecule has 0 bridgehead atoms. The molecule has 0 unspecified atom stereocenters. The molecule has 0 saturated carbocycles. The number of hydrogen-bond acceptors (Lipinski definition) is 8. The van der Waals surface area contributed by atoms with Crippen molar-refractivity contribution in [2.75, 3.05) is 11.9 Å². The van der Waals surface area contributed by atoms with Crippen molar-refractivity contribution in [1.29, 1.82) is 5.41 Å². The molecule has 0 radical (unpaired) electrons. The van der Waals surface area contributed by atoms with Crippen molar-refractivity contribution >= 4 is 41.4 Å². The van der Waals surface area contributed by atoms with Crippen LogP contribution >= 0.6 is 0 Å². The number of aryl methyl sites for hydroxylation is 2. The minimum Gasteiger partial charge on any atom is -0.489 e. The number of carboxylic acids is 3. The third kappa shape index (κ3) is 7.44. The van der Waals surface area contributed by atoms with E-state index in [1.807, 2.05) is 0 Å². The summed E-state index contributed by atoms with van der Waals surface area (Å²) in [7, 11) is 0. The number of aliphatic carboxylic acids is 3. The van der Waals surface area contributed by atoms with Crippen LogP contribution in [0.2, 0.25) is 0 Å². The summed E-state index contributed by atoms with van der Waals surface area (Å²) in [5.41, 5.74) is 6.57. The number of nitrogens with one attached hydrogen (secondary N) is 3. The smallest absolute Gasteiger partial charge is 0.343 e. The summed E-state index contributed by atoms with van der Waals surface area (Å²) in [6.07, 6.45) is -0.727. The number of esters is 1. The number of nitrogens with two attached hydrogens (primary N) is 1. The van der Waals surface area contributed by atoms with Crippen LogP contribution in [0.15, 0.2) is 30.3 Å². The fraction of sp³-hybridized carbons (Fsp3) is 0.280. The molecular weight excluding hydrogens is 516 g/mol. The Labute approximate surface area is 221 Å². The summed E-state index contributed by atoms with van der Waals surface area (Å²) in [5.74, 6) is -6.69. The lowest BCUT2D eigenvalue weighted by atomic mass is 9.99. The Kier molecular flexibility index (Phi) is 9.04. The molecule has 39 heavy (non-hydrogen) atoms. The molecule has 1 aliphatic heterocycles. The van der Waals surface area contributed by atoms with Gasteiger partial charge in [0.1, 0.15) is 6.04 Å². The van der Waals surface area contributed by atoms with Gasteiger partial charge in [-0.2, -0.15) is 0 Å². The van der Waals surface area contributed by atoms with E-state index in [0.717, 1.165) is 0 Å². The third-order valence-electron chi connectivity index (χ3n) is 5.67. The Balaban J connectivity index is 2.05. The fourth-order valence-electron chi connectivity index (χ4n) is 3.96. The maximum atomic E-state index is 13.3. The number of rotatable bonds is 9. The van der Waals surface area contributed by atoms with Gasteiger partial charge in [0.25, 0.3) is 5.91 Å². The highest BCUT2D eigenvalue weighted by molar-refractivity contribution is 6.02. The first kappa shape index (κ1) is 28.4. The minimum absolute atomic E-state index is 0.0223. The summed E-state index contributed by atoms with van der Waals surface area (Å²) < 4.78 is 11.4. The van der Waals surface area contributed by atoms with Crippen molar-refractivity contribution < 1.29 is 48.8 Å². The fourth-order valence-corrected chi connectivity index (χ4v) is 3.96. The highest BCUT2D eigenvalue weighted by atomic mass is 16.6. The molecule has 0 aromatic heterocycles. The van der Waals surface area contributed by atoms with Crippen LogP contribution in [-0.2, 0) is 27.2 Å². The first-order chi connectivity index (χ1) is 18.5. The Hall–Kier alpha value is -5.14. The van der Waals surface area contributed by atoms with Crippen LogP contribution in [0, 0.1) is 5.41 Å². The summed E-state index contributed by atoms with van der Waals surface area (Å²) in [4.78, 5) is 60.2. The van der Waals surface area contributed by atoms with Gasteiger partial charge < -0.3 is 41.2 Å². The number of anilines is 1. The Morgan fingerprint density at radius 2 is 1.82 bits per heavy atom. The van der Waals surface area contributed by atoms with Crippen LogP contribution in [0.25, 0.3) is 0 Å². The lowest BCUT2D eigenvalue weighted by Crippen LogP contribution is -2.42. The van der Waals surface area contributed by atoms with Gasteiger partial charge in [0.15, 0.2) is 17.5 Å². The standard InChI is InChI=1S/C25H26N4O10/c26-25(27)28-14-5-6-15-13(10-14)2-1-9-38-21-17(39-24(15)37)7-3-12(4-8-18(30)31)20(21)22(34)29-16(23(35)36)11-19(32)33/h3,5-7,10,16H,1-2,4,8-9,11H2,(H,29,34)(H,30,31)(H,32,33)(H,35,36)(H4,26,27,28)/t16-/m0/s1. The average molecular weight is 543 g/mol. The lowest BCUT2D eigenvalue weighted by Gasteiger charge is -2.21. The molecule has 0 fully saturated rings. The van der Waals surface area contributed by atoms with Gasteiger partial charge in [0.2, 0.25) is 0 Å². The first-order valence-electron chi connectivity index (χ1n) is 11.7. The van der Waals surface area contributed by atoms with E-state index in [2.05, 4.69) is 10.6 Å². The van der Waals surface area contributed by atoms with E-state index < -0.39 is 42.2 Å². The second-order valence-corrected chi connectivity index (χ2v) is 8.53. The van der Waals surface area contributed by atoms with Gasteiger partial charge in [-0.1, -0.05) is 6.07 Å². The largest absolute Gasteiger partial charge is 0.489 e. The molecule has 0 spiro atoms. The molecule has 8 N–H and O–H groups in total. The van der Waals surface area contributed by atoms with E-state index in [1.165, 1.54) is 24.3 Å². The van der Waals surface area contributed by atoms with Gasteiger partial charge in [-0.3, -0.25) is 19.8 Å². The van der Waals surface area contributed by atoms with E-state index in [-0.39, 0.29) is 53.6 Å². The van der Waals surface area contributed by atoms with Crippen LogP contribution in [0.5, 0.6) is 11.5 Å². The van der Waals surface area contributed by atoms with Crippen molar-refractivity contribution in [2.45, 2.75) is 38.1 Å². The van der Waals surface area contributed by atoms with Gasteiger partial charge in [-0.15, -0.1) is 0 Å². The highest BCUT2D eigenvalue weighted by Gasteiger charge is 2.30. The molecule has 206 valence electrons. The SMILES string of the molecule is N=C(N)Nc1ccc2c(c1)CCCOc1c(ccc(CCC(=O)O)c1C(=O)N[C@@H](CC(=O)O)C(=O)O)OC2=O. The quantitative estimate of drug-likeness (QED) is 0.102. The third-order valence-corrected chi connectivity index (χ3v) is 5.67. The molecule has 1 heterocycles. The van der Waals surface area contributed by atoms with Crippen molar-refractivity contribution in [2.24, 2.45) is 5.73 Å². The topological polar surface area (TPSA) is 238 Å². The minimum atomic E-state index is -1.79. The number of amides is 1. The predicted molar refractivity (Wildman–Crippen MR) is 134 cm³/mol. The number of carboxylic acid groups (broad SMARTS) is 3. The molecule has 3 rings (SSSR count). The monoisotopic (exact) mass is 542 g/mol. The number of ether oxygens (including phenoxy) is 2. The van der Waals surface area contributed by atoms with Gasteiger partial charge >= 0.3 is 23.9 Å². The normalized spacial score (nSPS) is 13.4. The molecule has 1 aliphatic rings. The lowest BCUT2D eigenvalue weighted by molar-refractivity contribution is -0.145. The summed E-state index contributed by atoms with van der Waals surface area (Å²) in [5, 5.41) is 39.7. The van der Waals surface area contributed by atoms with Crippen molar-refractivity contribution in [1.82, 2.24) is 5.32 Å². The zero-order chi connectivity index (χ0) is 28.7. The van der Waals surface area contributed by atoms with Crippen LogP contribution < -0.4 is 25.8 Å². The molecule has 0 aliphatic carbocycles. The Morgan fingerprint density at radius 1 is 1.08 bits per heavy atom. The zero-order valence-corrected chi connectivity index (χ0v) is 20.5. The van der Waals surface area contributed by atoms with Crippen molar-refractivity contribution in [3.8, 4) is 11.5 Å². The molecule has 2 aromatic carbocycles. The molecular formula is C25H26N4O10. The Bertz CT molecular complexity index is 1340. The van der Waals surface area contributed by atoms with Gasteiger partial charge in [0, 0.05) is 12.1 Å². The number of benzene rings is 2. The molecule has 1 atom stereocenters. The molecule has 14 nitrogen and oxygen atoms in total. The molecule has 0 saturated heterocycles. The summed E-state index contributed by atoms with van der Waals surface area (Å²) in [6, 6.07) is 5.57. The van der Waals surface area contributed by atoms with E-state index in [9.17, 15) is 29.1 Å². The van der Waals surface area contributed by atoms with Crippen molar-refractivity contribution in [3.05, 3.63) is 52.6 Å². The summed E-state index contributed by atoms with van der Waals surface area (Å²) >= 11 is 0. The average Bonchev–Trinajstić information content (AvgIpc) is 2.84. The van der Waals surface area contributed by atoms with Crippen molar-refractivity contribution in [3.63, 3.8) is 0 Å². The van der Waals surface area contributed by atoms with Crippen LogP contribution in [0.4, 0.5) is 5.69 Å². The van der Waals surface area contributed by atoms with E-state index >= 15 is 0 Å². The number of carbonyl (C=O) groups excluding carboxylic acids is 2. The predicted octanol–water partition coefficient (Wildman–Crippen LogP) is 1.21. The second kappa shape index (κ2) is 12.4. The zero-order valence-electron chi connectivity index (χ0n) is 20.5. The molecule has 1 amide bonds. The summed E-state index contributed by atoms with van der Waals surface area (Å²) in [6.45, 7) is 0.0223. The maximum absolute atomic E-state index is 13.3. The molecule has 2 aromatic rings. The maximum Gasteiger partial charge on any atom is 0.343 e. The van der Waals surface area contributed by atoms with Gasteiger partial charge in [-0.05, 0) is 54.7 Å². The van der Waals surface area contributed by atoms with Gasteiger partial charge in [0.05, 0.1) is 24.2 Å². The van der Waals surface area contributed by atoms with Crippen LogP contribution in [0.1, 0.15) is 51.1 Å². The van der Waals surface area contributed by atoms with Gasteiger partial charge in [-0.25, -0.2) is 9.59 Å².